The second-order valence-corrected chi connectivity index (χ2v) is 9.98. The Hall–Kier alpha value is -0.580. The summed E-state index contributed by atoms with van der Waals surface area (Å²) in [6.07, 6.45) is 17.6. The summed E-state index contributed by atoms with van der Waals surface area (Å²) in [5.41, 5.74) is 0.249. The Morgan fingerprint density at radius 3 is 2.64 bits per heavy atom. The van der Waals surface area contributed by atoms with E-state index in [1.807, 2.05) is 0 Å². The third kappa shape index (κ3) is 6.21. The van der Waals surface area contributed by atoms with Crippen LogP contribution in [0.3, 0.4) is 0 Å². The van der Waals surface area contributed by atoms with Crippen LogP contribution in [0.15, 0.2) is 12.2 Å². The Morgan fingerprint density at radius 1 is 1.21 bits per heavy atom. The minimum absolute atomic E-state index is 0.121. The molecule has 0 unspecified atom stereocenters. The Labute approximate surface area is 175 Å². The fraction of sp³-hybridized carbons (Fsp3) is 0.870. The molecule has 2 aliphatic carbocycles. The third-order valence-corrected chi connectivity index (χ3v) is 7.76. The second-order valence-electron chi connectivity index (χ2n) is 9.42. The van der Waals surface area contributed by atoms with Gasteiger partial charge in [-0.15, -0.1) is 11.6 Å². The second kappa shape index (κ2) is 10.4. The molecule has 1 heterocycles. The van der Waals surface area contributed by atoms with Gasteiger partial charge in [0, 0.05) is 12.5 Å². The molecule has 0 amide bonds. The zero-order valence-corrected chi connectivity index (χ0v) is 18.0. The minimum atomic E-state index is -0.723. The highest BCUT2D eigenvalue weighted by Crippen LogP contribution is 2.53. The number of hydrogen-bond acceptors (Lipinski definition) is 3. The van der Waals surface area contributed by atoms with E-state index >= 15 is 0 Å². The molecule has 0 radical (unpaired) electrons. The van der Waals surface area contributed by atoms with Crippen molar-refractivity contribution in [3.05, 3.63) is 12.2 Å². The van der Waals surface area contributed by atoms with E-state index in [4.69, 9.17) is 16.7 Å². The van der Waals surface area contributed by atoms with E-state index in [-0.39, 0.29) is 23.3 Å². The van der Waals surface area contributed by atoms with Crippen LogP contribution in [0.5, 0.6) is 0 Å². The number of allylic oxidation sites excluding steroid dienone is 1. The van der Waals surface area contributed by atoms with Gasteiger partial charge in [0.15, 0.2) is 0 Å². The number of aliphatic hydroxyl groups excluding tert-OH is 1. The molecule has 2 N–H and O–H groups in total. The number of likely N-dealkylation sites (tertiary alicyclic amines) is 1. The zero-order valence-electron chi connectivity index (χ0n) is 17.2. The van der Waals surface area contributed by atoms with Crippen molar-refractivity contribution < 1.29 is 15.0 Å². The molecule has 0 aromatic heterocycles. The molecule has 0 aromatic rings. The monoisotopic (exact) mass is 411 g/mol. The molecular weight excluding hydrogens is 374 g/mol. The summed E-state index contributed by atoms with van der Waals surface area (Å²) in [6.45, 7) is 2.08. The molecule has 1 aliphatic heterocycles. The predicted molar refractivity (Wildman–Crippen MR) is 114 cm³/mol. The first-order valence-electron chi connectivity index (χ1n) is 11.4. The number of aliphatic hydroxyl groups is 1. The highest BCUT2D eigenvalue weighted by Gasteiger charge is 2.46. The lowest BCUT2D eigenvalue weighted by Crippen LogP contribution is -2.42. The number of carboxylic acid groups (broad SMARTS) is 1. The summed E-state index contributed by atoms with van der Waals surface area (Å²) >= 11 is 6.56. The lowest BCUT2D eigenvalue weighted by Gasteiger charge is -2.46. The van der Waals surface area contributed by atoms with Crippen molar-refractivity contribution in [3.63, 3.8) is 0 Å². The molecule has 3 aliphatic rings. The number of halogens is 1. The fourth-order valence-corrected chi connectivity index (χ4v) is 5.53. The van der Waals surface area contributed by atoms with Gasteiger partial charge in [-0.1, -0.05) is 31.4 Å². The molecule has 3 atom stereocenters. The molecule has 28 heavy (non-hydrogen) atoms. The van der Waals surface area contributed by atoms with E-state index in [1.54, 1.807) is 0 Å². The highest BCUT2D eigenvalue weighted by molar-refractivity contribution is 6.21. The molecule has 0 aromatic carbocycles. The lowest BCUT2D eigenvalue weighted by atomic mass is 9.61. The first-order chi connectivity index (χ1) is 13.5. The number of alkyl halides is 1. The Morgan fingerprint density at radius 2 is 2.00 bits per heavy atom. The van der Waals surface area contributed by atoms with E-state index < -0.39 is 5.97 Å². The molecule has 2 saturated carbocycles. The summed E-state index contributed by atoms with van der Waals surface area (Å²) in [6, 6.07) is 0.374. The van der Waals surface area contributed by atoms with E-state index in [2.05, 4.69) is 17.1 Å². The normalized spacial score (nSPS) is 28.5. The van der Waals surface area contributed by atoms with Crippen LogP contribution in [0.25, 0.3) is 0 Å². The van der Waals surface area contributed by atoms with Gasteiger partial charge in [-0.3, -0.25) is 9.69 Å². The fourth-order valence-electron chi connectivity index (χ4n) is 5.17. The Kier molecular flexibility index (Phi) is 8.25. The van der Waals surface area contributed by atoms with Gasteiger partial charge >= 0.3 is 5.97 Å². The summed E-state index contributed by atoms with van der Waals surface area (Å²) in [7, 11) is 0. The van der Waals surface area contributed by atoms with Gasteiger partial charge in [-0.25, -0.2) is 0 Å². The molecular formula is C23H38ClNO3. The summed E-state index contributed by atoms with van der Waals surface area (Å²) in [5, 5.41) is 19.7. The van der Waals surface area contributed by atoms with Crippen molar-refractivity contribution in [2.24, 2.45) is 11.3 Å². The van der Waals surface area contributed by atoms with Crippen molar-refractivity contribution in [1.29, 1.82) is 0 Å². The zero-order chi connectivity index (χ0) is 20.0. The number of hydrogen-bond donors (Lipinski definition) is 2. The van der Waals surface area contributed by atoms with Crippen molar-refractivity contribution in [2.75, 3.05) is 13.1 Å². The van der Waals surface area contributed by atoms with Gasteiger partial charge in [0.05, 0.1) is 11.5 Å². The van der Waals surface area contributed by atoms with Crippen LogP contribution in [0.4, 0.5) is 0 Å². The lowest BCUT2D eigenvalue weighted by molar-refractivity contribution is -0.137. The number of carbonyl (C=O) groups is 1. The maximum absolute atomic E-state index is 10.9. The van der Waals surface area contributed by atoms with Gasteiger partial charge in [0.1, 0.15) is 0 Å². The van der Waals surface area contributed by atoms with Crippen LogP contribution in [0.1, 0.15) is 83.5 Å². The molecule has 0 spiro atoms. The van der Waals surface area contributed by atoms with Crippen molar-refractivity contribution in [3.8, 4) is 0 Å². The molecule has 3 rings (SSSR count). The first kappa shape index (κ1) is 22.1. The quantitative estimate of drug-likeness (QED) is 0.255. The Balaban J connectivity index is 1.36. The highest BCUT2D eigenvalue weighted by atomic mass is 35.5. The SMILES string of the molecule is O=C(O)CCCC=CC[C@H]1[C@H](Cl)CCN1CCC[C@@H](O)C1(CC2CC2)CCC1. The molecule has 3 fully saturated rings. The van der Waals surface area contributed by atoms with Gasteiger partial charge < -0.3 is 10.2 Å². The summed E-state index contributed by atoms with van der Waals surface area (Å²) in [5.74, 6) is 0.177. The van der Waals surface area contributed by atoms with Crippen LogP contribution in [0, 0.1) is 11.3 Å². The smallest absolute Gasteiger partial charge is 0.303 e. The number of rotatable bonds is 13. The number of nitrogens with zero attached hydrogens (tertiary/aromatic N) is 1. The number of aliphatic carboxylic acids is 1. The van der Waals surface area contributed by atoms with Crippen LogP contribution in [-0.2, 0) is 4.79 Å². The van der Waals surface area contributed by atoms with Gasteiger partial charge in [-0.05, 0) is 82.2 Å². The molecule has 4 nitrogen and oxygen atoms in total. The van der Waals surface area contributed by atoms with Crippen LogP contribution < -0.4 is 0 Å². The van der Waals surface area contributed by atoms with Crippen molar-refractivity contribution in [2.45, 2.75) is 101 Å². The standard InChI is InChI=1S/C23H38ClNO3/c24-19-12-16-25(20(19)7-3-1-2-4-9-22(27)28)15-5-8-21(26)23(13-6-14-23)17-18-10-11-18/h1,3,18-21,26H,2,4-17H2,(H,27,28)/t19-,20+,21-/m1/s1. The van der Waals surface area contributed by atoms with Crippen LogP contribution in [0.2, 0.25) is 0 Å². The van der Waals surface area contributed by atoms with Gasteiger partial charge in [-0.2, -0.15) is 0 Å². The molecule has 5 heteroatoms. The van der Waals surface area contributed by atoms with Crippen LogP contribution in [-0.4, -0.2) is 51.7 Å². The topological polar surface area (TPSA) is 60.8 Å². The van der Waals surface area contributed by atoms with Crippen molar-refractivity contribution in [1.82, 2.24) is 4.90 Å². The largest absolute Gasteiger partial charge is 0.481 e. The molecule has 1 saturated heterocycles. The number of unbranched alkanes of at least 4 members (excludes halogenated alkanes) is 1. The average molecular weight is 412 g/mol. The van der Waals surface area contributed by atoms with Gasteiger partial charge in [0.25, 0.3) is 0 Å². The van der Waals surface area contributed by atoms with E-state index in [0.717, 1.165) is 51.1 Å². The maximum atomic E-state index is 10.9. The third-order valence-electron chi connectivity index (χ3n) is 7.26. The number of carboxylic acids is 1. The summed E-state index contributed by atoms with van der Waals surface area (Å²) < 4.78 is 0. The maximum Gasteiger partial charge on any atom is 0.303 e. The van der Waals surface area contributed by atoms with Gasteiger partial charge in [0.2, 0.25) is 0 Å². The van der Waals surface area contributed by atoms with Crippen LogP contribution >= 0.6 is 11.6 Å². The minimum Gasteiger partial charge on any atom is -0.481 e. The average Bonchev–Trinajstić information content (AvgIpc) is 3.38. The predicted octanol–water partition coefficient (Wildman–Crippen LogP) is 4.98. The van der Waals surface area contributed by atoms with E-state index in [9.17, 15) is 9.90 Å². The Bertz CT molecular complexity index is 530. The van der Waals surface area contributed by atoms with E-state index in [1.165, 1.54) is 38.5 Å². The summed E-state index contributed by atoms with van der Waals surface area (Å²) in [4.78, 5) is 13.1. The first-order valence-corrected chi connectivity index (χ1v) is 11.9. The molecule has 160 valence electrons. The van der Waals surface area contributed by atoms with Crippen molar-refractivity contribution >= 4 is 17.6 Å². The molecule has 0 bridgehead atoms. The van der Waals surface area contributed by atoms with E-state index in [0.29, 0.717) is 12.5 Å².